The minimum atomic E-state index is 0.312. The van der Waals surface area contributed by atoms with E-state index in [1.807, 2.05) is 24.2 Å². The van der Waals surface area contributed by atoms with Gasteiger partial charge in [0.25, 0.3) is 0 Å². The maximum atomic E-state index is 4.23. The average molecular weight is 321 g/mol. The summed E-state index contributed by atoms with van der Waals surface area (Å²) >= 11 is 4.18. The Hall–Kier alpha value is -0.0400. The van der Waals surface area contributed by atoms with E-state index in [4.69, 9.17) is 0 Å². The molecule has 2 rings (SSSR count). The van der Waals surface area contributed by atoms with Gasteiger partial charge < -0.3 is 5.32 Å². The molecule has 14 heavy (non-hydrogen) atoms. The molecule has 0 aliphatic carbocycles. The lowest BCUT2D eigenvalue weighted by molar-refractivity contribution is 0.572. The minimum Gasteiger partial charge on any atom is -0.349 e. The molecule has 3 nitrogen and oxygen atoms in total. The summed E-state index contributed by atoms with van der Waals surface area (Å²) in [4.78, 5) is 8.45. The Morgan fingerprint density at radius 1 is 1.50 bits per heavy atom. The smallest absolute Gasteiger partial charge is 0.222 e. The predicted octanol–water partition coefficient (Wildman–Crippen LogP) is 2.39. The molecule has 1 aliphatic rings. The van der Waals surface area contributed by atoms with E-state index in [0.717, 1.165) is 15.3 Å². The molecule has 76 valence electrons. The fraction of sp³-hybridized carbons (Fsp3) is 0.556. The van der Waals surface area contributed by atoms with Crippen molar-refractivity contribution in [2.45, 2.75) is 24.6 Å². The molecule has 1 fully saturated rings. The van der Waals surface area contributed by atoms with E-state index in [2.05, 4.69) is 51.7 Å². The van der Waals surface area contributed by atoms with Crippen LogP contribution in [0.3, 0.4) is 0 Å². The molecular formula is C9H12IN3S. The number of hydrogen-bond acceptors (Lipinski definition) is 4. The molecule has 0 radical (unpaired) electrons. The van der Waals surface area contributed by atoms with Crippen molar-refractivity contribution in [3.05, 3.63) is 16.0 Å². The van der Waals surface area contributed by atoms with Gasteiger partial charge in [0.15, 0.2) is 0 Å². The maximum Gasteiger partial charge on any atom is 0.222 e. The van der Waals surface area contributed by atoms with Gasteiger partial charge in [-0.3, -0.25) is 0 Å². The van der Waals surface area contributed by atoms with Crippen LogP contribution in [0.1, 0.15) is 13.8 Å². The summed E-state index contributed by atoms with van der Waals surface area (Å²) < 4.78 is 1.38. The SMILES string of the molecule is CC1(C)SCC1Nc1ncc(I)cn1. The molecule has 1 aromatic rings. The van der Waals surface area contributed by atoms with Crippen molar-refractivity contribution in [1.29, 1.82) is 0 Å². The molecule has 5 heteroatoms. The van der Waals surface area contributed by atoms with Gasteiger partial charge in [-0.1, -0.05) is 0 Å². The van der Waals surface area contributed by atoms with Crippen LogP contribution in [0, 0.1) is 3.57 Å². The van der Waals surface area contributed by atoms with Gasteiger partial charge in [-0.05, 0) is 36.4 Å². The van der Waals surface area contributed by atoms with Crippen molar-refractivity contribution in [2.75, 3.05) is 11.1 Å². The Balaban J connectivity index is 2.01. The average Bonchev–Trinajstić information content (AvgIpc) is 2.15. The Bertz CT molecular complexity index is 325. The molecule has 1 aromatic heterocycles. The Labute approximate surface area is 102 Å². The zero-order valence-corrected chi connectivity index (χ0v) is 11.1. The van der Waals surface area contributed by atoms with Crippen molar-refractivity contribution in [1.82, 2.24) is 9.97 Å². The number of nitrogens with zero attached hydrogens (tertiary/aromatic N) is 2. The van der Waals surface area contributed by atoms with Crippen molar-refractivity contribution in [3.8, 4) is 0 Å². The predicted molar refractivity (Wildman–Crippen MR) is 68.7 cm³/mol. The largest absolute Gasteiger partial charge is 0.349 e. The topological polar surface area (TPSA) is 37.8 Å². The van der Waals surface area contributed by atoms with Gasteiger partial charge in [0.05, 0.1) is 6.04 Å². The van der Waals surface area contributed by atoms with Crippen molar-refractivity contribution in [2.24, 2.45) is 0 Å². The summed E-state index contributed by atoms with van der Waals surface area (Å²) in [7, 11) is 0. The molecule has 0 amide bonds. The van der Waals surface area contributed by atoms with E-state index in [1.165, 1.54) is 0 Å². The molecule has 0 aromatic carbocycles. The van der Waals surface area contributed by atoms with E-state index in [0.29, 0.717) is 10.8 Å². The first-order chi connectivity index (χ1) is 6.58. The highest BCUT2D eigenvalue weighted by molar-refractivity contribution is 14.1. The van der Waals surface area contributed by atoms with Crippen LogP contribution in [-0.4, -0.2) is 26.5 Å². The standard InChI is InChI=1S/C9H12IN3S/c1-9(2)7(5-14-9)13-8-11-3-6(10)4-12-8/h3-4,7H,5H2,1-2H3,(H,11,12,13). The highest BCUT2D eigenvalue weighted by Gasteiger charge is 2.39. The Morgan fingerprint density at radius 3 is 2.57 bits per heavy atom. The first kappa shape index (κ1) is 10.5. The van der Waals surface area contributed by atoms with Crippen LogP contribution in [0.15, 0.2) is 12.4 Å². The third-order valence-corrected chi connectivity index (χ3v) is 4.47. The van der Waals surface area contributed by atoms with E-state index in [-0.39, 0.29) is 0 Å². The second-order valence-electron chi connectivity index (χ2n) is 3.84. The Morgan fingerprint density at radius 2 is 2.14 bits per heavy atom. The maximum absolute atomic E-state index is 4.23. The molecule has 1 aliphatic heterocycles. The van der Waals surface area contributed by atoms with E-state index < -0.39 is 0 Å². The summed E-state index contributed by atoms with van der Waals surface area (Å²) in [5.41, 5.74) is 0. The Kier molecular flexibility index (Phi) is 2.88. The summed E-state index contributed by atoms with van der Waals surface area (Å²) in [6.45, 7) is 4.48. The van der Waals surface area contributed by atoms with Gasteiger partial charge >= 0.3 is 0 Å². The summed E-state index contributed by atoms with van der Waals surface area (Å²) in [6.07, 6.45) is 3.66. The number of anilines is 1. The number of aromatic nitrogens is 2. The van der Waals surface area contributed by atoms with E-state index in [1.54, 1.807) is 0 Å². The van der Waals surface area contributed by atoms with E-state index >= 15 is 0 Å². The van der Waals surface area contributed by atoms with Gasteiger partial charge in [0.2, 0.25) is 5.95 Å². The molecule has 1 atom stereocenters. The summed E-state index contributed by atoms with van der Waals surface area (Å²) in [5, 5.41) is 3.35. The molecule has 1 N–H and O–H groups in total. The fourth-order valence-corrected chi connectivity index (χ4v) is 2.68. The summed E-state index contributed by atoms with van der Waals surface area (Å²) in [5.74, 6) is 1.88. The van der Waals surface area contributed by atoms with Crippen LogP contribution >= 0.6 is 34.4 Å². The molecule has 2 heterocycles. The lowest BCUT2D eigenvalue weighted by Crippen LogP contribution is -2.50. The summed E-state index contributed by atoms with van der Waals surface area (Å²) in [6, 6.07) is 0.493. The molecular weight excluding hydrogens is 309 g/mol. The lowest BCUT2D eigenvalue weighted by atomic mass is 10.0. The zero-order valence-electron chi connectivity index (χ0n) is 8.12. The monoisotopic (exact) mass is 321 g/mol. The second kappa shape index (κ2) is 3.84. The normalized spacial score (nSPS) is 24.1. The van der Waals surface area contributed by atoms with Gasteiger partial charge in [-0.15, -0.1) is 0 Å². The minimum absolute atomic E-state index is 0.312. The molecule has 0 bridgehead atoms. The third kappa shape index (κ3) is 2.13. The zero-order chi connectivity index (χ0) is 10.2. The first-order valence-electron chi connectivity index (χ1n) is 4.46. The van der Waals surface area contributed by atoms with Gasteiger partial charge in [0.1, 0.15) is 0 Å². The van der Waals surface area contributed by atoms with Crippen LogP contribution in [0.4, 0.5) is 5.95 Å². The van der Waals surface area contributed by atoms with Crippen molar-refractivity contribution in [3.63, 3.8) is 0 Å². The number of hydrogen-bond donors (Lipinski definition) is 1. The second-order valence-corrected chi connectivity index (χ2v) is 6.76. The third-order valence-electron chi connectivity index (χ3n) is 2.38. The molecule has 1 saturated heterocycles. The van der Waals surface area contributed by atoms with Crippen LogP contribution in [0.2, 0.25) is 0 Å². The highest BCUT2D eigenvalue weighted by atomic mass is 127. The van der Waals surface area contributed by atoms with Crippen LogP contribution in [0.5, 0.6) is 0 Å². The number of halogens is 1. The van der Waals surface area contributed by atoms with Gasteiger partial charge in [-0.25, -0.2) is 9.97 Å². The first-order valence-corrected chi connectivity index (χ1v) is 6.52. The highest BCUT2D eigenvalue weighted by Crippen LogP contribution is 2.41. The van der Waals surface area contributed by atoms with Crippen LogP contribution in [-0.2, 0) is 0 Å². The van der Waals surface area contributed by atoms with Crippen molar-refractivity contribution >= 4 is 40.3 Å². The van der Waals surface area contributed by atoms with Crippen LogP contribution < -0.4 is 5.32 Å². The molecule has 1 unspecified atom stereocenters. The molecule has 0 saturated carbocycles. The van der Waals surface area contributed by atoms with Gasteiger partial charge in [-0.2, -0.15) is 11.8 Å². The lowest BCUT2D eigenvalue weighted by Gasteiger charge is -2.43. The number of nitrogens with one attached hydrogen (secondary N) is 1. The number of rotatable bonds is 2. The van der Waals surface area contributed by atoms with E-state index in [9.17, 15) is 0 Å². The number of thioether (sulfide) groups is 1. The fourth-order valence-electron chi connectivity index (χ4n) is 1.26. The van der Waals surface area contributed by atoms with Crippen molar-refractivity contribution < 1.29 is 0 Å². The van der Waals surface area contributed by atoms with Crippen LogP contribution in [0.25, 0.3) is 0 Å². The van der Waals surface area contributed by atoms with Gasteiger partial charge in [0, 0.05) is 26.5 Å². The molecule has 0 spiro atoms. The quantitative estimate of drug-likeness (QED) is 0.849.